The van der Waals surface area contributed by atoms with E-state index in [4.69, 9.17) is 5.11 Å². The molecule has 1 aromatic rings. The van der Waals surface area contributed by atoms with Gasteiger partial charge in [-0.25, -0.2) is 4.79 Å². The van der Waals surface area contributed by atoms with Crippen LogP contribution in [0.15, 0.2) is 18.5 Å². The van der Waals surface area contributed by atoms with Crippen LogP contribution in [0.4, 0.5) is 5.69 Å². The number of nitrogens with one attached hydrogen (secondary N) is 1. The topological polar surface area (TPSA) is 79.3 Å². The van der Waals surface area contributed by atoms with Gasteiger partial charge < -0.3 is 10.4 Å². The highest BCUT2D eigenvalue weighted by molar-refractivity contribution is 7.84. The van der Waals surface area contributed by atoms with E-state index in [-0.39, 0.29) is 5.56 Å². The molecule has 6 heteroatoms. The van der Waals surface area contributed by atoms with Gasteiger partial charge in [-0.1, -0.05) is 0 Å². The molecule has 0 saturated carbocycles. The van der Waals surface area contributed by atoms with Gasteiger partial charge in [0.05, 0.1) is 17.4 Å². The first-order valence-corrected chi connectivity index (χ1v) is 6.05. The Bertz CT molecular complexity index is 381. The van der Waals surface area contributed by atoms with Crippen LogP contribution in [0.5, 0.6) is 0 Å². The summed E-state index contributed by atoms with van der Waals surface area (Å²) in [7, 11) is -0.887. The van der Waals surface area contributed by atoms with Gasteiger partial charge in [0.25, 0.3) is 0 Å². The lowest BCUT2D eigenvalue weighted by atomic mass is 10.2. The Morgan fingerprint density at radius 3 is 3.00 bits per heavy atom. The van der Waals surface area contributed by atoms with E-state index in [2.05, 4.69) is 10.3 Å². The molecular weight excluding hydrogens is 216 g/mol. The predicted octanol–water partition coefficient (Wildman–Crippen LogP) is 0.570. The van der Waals surface area contributed by atoms with E-state index >= 15 is 0 Å². The van der Waals surface area contributed by atoms with Crippen molar-refractivity contribution in [2.75, 3.05) is 23.9 Å². The molecule has 0 bridgehead atoms. The van der Waals surface area contributed by atoms with Crippen molar-refractivity contribution < 1.29 is 14.1 Å². The monoisotopic (exact) mass is 228 g/mol. The summed E-state index contributed by atoms with van der Waals surface area (Å²) in [6.45, 7) is 0.467. The lowest BCUT2D eigenvalue weighted by molar-refractivity contribution is 0.0698. The second-order valence-corrected chi connectivity index (χ2v) is 4.49. The molecule has 1 atom stereocenters. The van der Waals surface area contributed by atoms with E-state index < -0.39 is 16.8 Å². The molecule has 15 heavy (non-hydrogen) atoms. The fourth-order valence-electron chi connectivity index (χ4n) is 1.05. The third-order valence-corrected chi connectivity index (χ3v) is 2.54. The van der Waals surface area contributed by atoms with Crippen LogP contribution >= 0.6 is 0 Å². The summed E-state index contributed by atoms with van der Waals surface area (Å²) in [4.78, 5) is 14.6. The molecule has 0 saturated heterocycles. The van der Waals surface area contributed by atoms with Crippen LogP contribution in [0.25, 0.3) is 0 Å². The number of anilines is 1. The Morgan fingerprint density at radius 1 is 1.67 bits per heavy atom. The molecule has 82 valence electrons. The molecule has 1 heterocycles. The Kier molecular flexibility index (Phi) is 4.23. The molecule has 2 N–H and O–H groups in total. The number of aromatic carboxylic acids is 1. The molecule has 0 aromatic carbocycles. The van der Waals surface area contributed by atoms with Crippen molar-refractivity contribution >= 4 is 22.5 Å². The van der Waals surface area contributed by atoms with Gasteiger partial charge in [0.2, 0.25) is 0 Å². The largest absolute Gasteiger partial charge is 0.478 e. The highest BCUT2D eigenvalue weighted by atomic mass is 32.2. The molecule has 0 spiro atoms. The van der Waals surface area contributed by atoms with Crippen LogP contribution in [-0.2, 0) is 10.8 Å². The van der Waals surface area contributed by atoms with Gasteiger partial charge in [-0.3, -0.25) is 9.19 Å². The maximum atomic E-state index is 10.8. The summed E-state index contributed by atoms with van der Waals surface area (Å²) in [5.74, 6) is -0.522. The number of rotatable bonds is 5. The molecule has 0 aliphatic carbocycles. The average Bonchev–Trinajstić information content (AvgIpc) is 2.17. The second kappa shape index (κ2) is 5.45. The molecular formula is C9H12N2O3S. The number of nitrogens with zero attached hydrogens (tertiary/aromatic N) is 1. The minimum Gasteiger partial charge on any atom is -0.478 e. The zero-order valence-electron chi connectivity index (χ0n) is 8.27. The smallest absolute Gasteiger partial charge is 0.337 e. The molecule has 0 aliphatic heterocycles. The molecule has 0 radical (unpaired) electrons. The quantitative estimate of drug-likeness (QED) is 0.770. The highest BCUT2D eigenvalue weighted by Gasteiger charge is 2.08. The van der Waals surface area contributed by atoms with Gasteiger partial charge >= 0.3 is 5.97 Å². The third kappa shape index (κ3) is 3.67. The SMILES string of the molecule is CS(=O)CCNc1cnccc1C(=O)O. The number of hydrogen-bond donors (Lipinski definition) is 2. The molecule has 1 aromatic heterocycles. The highest BCUT2D eigenvalue weighted by Crippen LogP contribution is 2.12. The van der Waals surface area contributed by atoms with Gasteiger partial charge in [-0.2, -0.15) is 0 Å². The van der Waals surface area contributed by atoms with Crippen molar-refractivity contribution in [3.63, 3.8) is 0 Å². The Balaban J connectivity index is 2.67. The lowest BCUT2D eigenvalue weighted by Gasteiger charge is -2.07. The van der Waals surface area contributed by atoms with Gasteiger partial charge in [0.1, 0.15) is 0 Å². The first-order chi connectivity index (χ1) is 7.11. The second-order valence-electron chi connectivity index (χ2n) is 2.93. The predicted molar refractivity (Wildman–Crippen MR) is 58.6 cm³/mol. The zero-order chi connectivity index (χ0) is 11.3. The Labute approximate surface area is 90.0 Å². The number of carbonyl (C=O) groups is 1. The molecule has 0 aliphatic rings. The first-order valence-electron chi connectivity index (χ1n) is 4.32. The van der Waals surface area contributed by atoms with E-state index in [1.807, 2.05) is 0 Å². The van der Waals surface area contributed by atoms with Crippen LogP contribution in [0, 0.1) is 0 Å². The summed E-state index contributed by atoms with van der Waals surface area (Å²) >= 11 is 0. The number of aromatic nitrogens is 1. The van der Waals surface area contributed by atoms with Crippen molar-refractivity contribution in [1.29, 1.82) is 0 Å². The van der Waals surface area contributed by atoms with Gasteiger partial charge in [0.15, 0.2) is 0 Å². The minimum absolute atomic E-state index is 0.173. The van der Waals surface area contributed by atoms with E-state index in [1.54, 1.807) is 6.26 Å². The van der Waals surface area contributed by atoms with Crippen molar-refractivity contribution in [3.8, 4) is 0 Å². The molecule has 0 amide bonds. The van der Waals surface area contributed by atoms with E-state index in [0.29, 0.717) is 18.0 Å². The standard InChI is InChI=1S/C9H12N2O3S/c1-15(14)5-4-11-8-6-10-3-2-7(8)9(12)13/h2-3,6,11H,4-5H2,1H3,(H,12,13). The van der Waals surface area contributed by atoms with Crippen LogP contribution in [0.2, 0.25) is 0 Å². The summed E-state index contributed by atoms with van der Waals surface area (Å²) in [6, 6.07) is 1.42. The van der Waals surface area contributed by atoms with E-state index in [0.717, 1.165) is 0 Å². The van der Waals surface area contributed by atoms with Gasteiger partial charge in [0, 0.05) is 35.5 Å². The van der Waals surface area contributed by atoms with Crippen molar-refractivity contribution in [3.05, 3.63) is 24.0 Å². The van der Waals surface area contributed by atoms with Crippen LogP contribution in [-0.4, -0.2) is 38.8 Å². The number of carboxylic acid groups (broad SMARTS) is 1. The van der Waals surface area contributed by atoms with E-state index in [9.17, 15) is 9.00 Å². The van der Waals surface area contributed by atoms with Crippen LogP contribution in [0.1, 0.15) is 10.4 Å². The number of pyridine rings is 1. The fourth-order valence-corrected chi connectivity index (χ4v) is 1.44. The lowest BCUT2D eigenvalue weighted by Crippen LogP contribution is -2.12. The number of carboxylic acids is 1. The van der Waals surface area contributed by atoms with Crippen LogP contribution in [0.3, 0.4) is 0 Å². The molecule has 1 unspecified atom stereocenters. The van der Waals surface area contributed by atoms with Gasteiger partial charge in [-0.05, 0) is 6.07 Å². The molecule has 0 fully saturated rings. The average molecular weight is 228 g/mol. The summed E-state index contributed by atoms with van der Waals surface area (Å²) in [6.07, 6.45) is 4.47. The molecule has 1 rings (SSSR count). The summed E-state index contributed by atoms with van der Waals surface area (Å²) < 4.78 is 10.8. The summed E-state index contributed by atoms with van der Waals surface area (Å²) in [5.41, 5.74) is 0.627. The maximum Gasteiger partial charge on any atom is 0.337 e. The van der Waals surface area contributed by atoms with Gasteiger partial charge in [-0.15, -0.1) is 0 Å². The van der Waals surface area contributed by atoms with Crippen molar-refractivity contribution in [1.82, 2.24) is 4.98 Å². The Morgan fingerprint density at radius 2 is 2.40 bits per heavy atom. The third-order valence-electron chi connectivity index (χ3n) is 1.76. The van der Waals surface area contributed by atoms with E-state index in [1.165, 1.54) is 18.5 Å². The zero-order valence-corrected chi connectivity index (χ0v) is 9.08. The first kappa shape index (κ1) is 11.6. The van der Waals surface area contributed by atoms with Crippen LogP contribution < -0.4 is 5.32 Å². The van der Waals surface area contributed by atoms with Crippen molar-refractivity contribution in [2.24, 2.45) is 0 Å². The maximum absolute atomic E-state index is 10.8. The Hall–Kier alpha value is -1.43. The summed E-state index contributed by atoms with van der Waals surface area (Å²) in [5, 5.41) is 11.7. The van der Waals surface area contributed by atoms with Crippen molar-refractivity contribution in [2.45, 2.75) is 0 Å². The fraction of sp³-hybridized carbons (Fsp3) is 0.333. The minimum atomic E-state index is -1.00. The number of hydrogen-bond acceptors (Lipinski definition) is 4. The normalized spacial score (nSPS) is 12.1. The molecule has 5 nitrogen and oxygen atoms in total.